The summed E-state index contributed by atoms with van der Waals surface area (Å²) < 4.78 is 15.3. The third kappa shape index (κ3) is 3.28. The van der Waals surface area contributed by atoms with Crippen molar-refractivity contribution in [3.8, 4) is 17.6 Å². The van der Waals surface area contributed by atoms with Crippen molar-refractivity contribution in [3.05, 3.63) is 28.1 Å². The van der Waals surface area contributed by atoms with Crippen LogP contribution in [0.2, 0.25) is 0 Å². The van der Waals surface area contributed by atoms with Gasteiger partial charge in [0.05, 0.1) is 19.4 Å². The molecule has 0 spiro atoms. The molecule has 0 atom stereocenters. The number of azide groups is 1. The van der Waals surface area contributed by atoms with Gasteiger partial charge in [-0.05, 0) is 11.6 Å². The molecule has 1 aromatic carbocycles. The lowest BCUT2D eigenvalue weighted by atomic mass is 10.1. The molecule has 1 rings (SSSR count). The molecule has 0 radical (unpaired) electrons. The molecule has 0 heterocycles. The fourth-order valence-electron chi connectivity index (χ4n) is 1.28. The van der Waals surface area contributed by atoms with Crippen molar-refractivity contribution >= 4 is 5.69 Å². The third-order valence-corrected chi connectivity index (χ3v) is 2.10. The fraction of sp³-hybridized carbons (Fsp3) is 0.364. The molecule has 18 heavy (non-hydrogen) atoms. The van der Waals surface area contributed by atoms with Gasteiger partial charge in [-0.25, -0.2) is 0 Å². The largest absolute Gasteiger partial charge is 0.497 e. The van der Waals surface area contributed by atoms with Crippen LogP contribution in [-0.2, 0) is 4.74 Å². The van der Waals surface area contributed by atoms with Gasteiger partial charge in [0.1, 0.15) is 29.7 Å². The van der Waals surface area contributed by atoms with Crippen molar-refractivity contribution < 1.29 is 14.2 Å². The van der Waals surface area contributed by atoms with Crippen LogP contribution < -0.4 is 9.47 Å². The average Bonchev–Trinajstić information content (AvgIpc) is 2.39. The molecule has 1 aromatic rings. The topological polar surface area (TPSA) is 100 Å². The Labute approximate surface area is 104 Å². The van der Waals surface area contributed by atoms with E-state index >= 15 is 0 Å². The Balaban J connectivity index is 3.16. The van der Waals surface area contributed by atoms with Crippen molar-refractivity contribution in [2.24, 2.45) is 5.11 Å². The number of nitrogens with zero attached hydrogens (tertiary/aromatic N) is 4. The Hall–Kier alpha value is -2.42. The maximum atomic E-state index is 9.06. The average molecular weight is 248 g/mol. The summed E-state index contributed by atoms with van der Waals surface area (Å²) in [4.78, 5) is 2.67. The van der Waals surface area contributed by atoms with Crippen LogP contribution in [0.5, 0.6) is 11.5 Å². The molecule has 7 nitrogen and oxygen atoms in total. The molecule has 0 aliphatic heterocycles. The summed E-state index contributed by atoms with van der Waals surface area (Å²) in [7, 11) is 3.02. The molecule has 0 aliphatic carbocycles. The number of hydrogen-bond donors (Lipinski definition) is 0. The minimum atomic E-state index is 0.171. The van der Waals surface area contributed by atoms with Gasteiger partial charge in [-0.3, -0.25) is 0 Å². The van der Waals surface area contributed by atoms with E-state index in [0.29, 0.717) is 18.1 Å². The lowest BCUT2D eigenvalue weighted by Crippen LogP contribution is -2.05. The predicted molar refractivity (Wildman–Crippen MR) is 63.9 cm³/mol. The van der Waals surface area contributed by atoms with Crippen molar-refractivity contribution in [1.82, 2.24) is 0 Å². The van der Waals surface area contributed by atoms with Crippen molar-refractivity contribution in [3.63, 3.8) is 0 Å². The van der Waals surface area contributed by atoms with E-state index in [0.717, 1.165) is 0 Å². The van der Waals surface area contributed by atoms with Gasteiger partial charge in [-0.1, -0.05) is 5.11 Å². The second-order valence-electron chi connectivity index (χ2n) is 3.16. The molecule has 0 amide bonds. The van der Waals surface area contributed by atoms with Gasteiger partial charge in [-0.15, -0.1) is 0 Å². The summed E-state index contributed by atoms with van der Waals surface area (Å²) in [5, 5.41) is 12.5. The van der Waals surface area contributed by atoms with Crippen LogP contribution >= 0.6 is 0 Å². The van der Waals surface area contributed by atoms with Crippen LogP contribution in [0, 0.1) is 11.3 Å². The zero-order valence-electron chi connectivity index (χ0n) is 10.1. The number of rotatable bonds is 6. The molecule has 0 saturated carbocycles. The van der Waals surface area contributed by atoms with Crippen LogP contribution in [0.15, 0.2) is 17.2 Å². The van der Waals surface area contributed by atoms with E-state index in [4.69, 9.17) is 25.0 Å². The molecule has 7 heteroatoms. The molecule has 94 valence electrons. The number of methoxy groups -OCH3 is 2. The maximum Gasteiger partial charge on any atom is 0.141 e. The molecule has 0 aliphatic rings. The van der Waals surface area contributed by atoms with E-state index in [9.17, 15) is 0 Å². The zero-order chi connectivity index (χ0) is 13.4. The summed E-state index contributed by atoms with van der Waals surface area (Å²) >= 11 is 0. The Morgan fingerprint density at radius 3 is 2.72 bits per heavy atom. The van der Waals surface area contributed by atoms with E-state index in [2.05, 4.69) is 10.0 Å². The smallest absolute Gasteiger partial charge is 0.141 e. The number of nitriles is 1. The van der Waals surface area contributed by atoms with E-state index in [1.54, 1.807) is 13.2 Å². The number of benzene rings is 1. The molecular formula is C11H12N4O3. The first-order valence-corrected chi connectivity index (χ1v) is 5.05. The van der Waals surface area contributed by atoms with Gasteiger partial charge in [0.2, 0.25) is 0 Å². The fourth-order valence-corrected chi connectivity index (χ4v) is 1.28. The lowest BCUT2D eigenvalue weighted by molar-refractivity contribution is 0.146. The van der Waals surface area contributed by atoms with Crippen molar-refractivity contribution in [2.45, 2.75) is 0 Å². The van der Waals surface area contributed by atoms with Gasteiger partial charge < -0.3 is 14.2 Å². The van der Waals surface area contributed by atoms with E-state index in [1.807, 2.05) is 6.07 Å². The van der Waals surface area contributed by atoms with Crippen LogP contribution in [0.25, 0.3) is 10.4 Å². The minimum absolute atomic E-state index is 0.171. The molecule has 0 unspecified atom stereocenters. The quantitative estimate of drug-likeness (QED) is 0.334. The maximum absolute atomic E-state index is 9.06. The SMILES string of the molecule is COCCOc1cc(OC)cc(N=[N+]=[N-])c1C#N. The molecule has 0 saturated heterocycles. The van der Waals surface area contributed by atoms with Gasteiger partial charge in [0.25, 0.3) is 0 Å². The van der Waals surface area contributed by atoms with E-state index in [-0.39, 0.29) is 17.9 Å². The highest BCUT2D eigenvalue weighted by Gasteiger charge is 2.11. The first kappa shape index (κ1) is 13.6. The summed E-state index contributed by atoms with van der Waals surface area (Å²) in [5.74, 6) is 0.750. The van der Waals surface area contributed by atoms with Gasteiger partial charge >= 0.3 is 0 Å². The first-order valence-electron chi connectivity index (χ1n) is 5.05. The normalized spacial score (nSPS) is 9.17. The van der Waals surface area contributed by atoms with Crippen LogP contribution in [-0.4, -0.2) is 27.4 Å². The van der Waals surface area contributed by atoms with Crippen molar-refractivity contribution in [2.75, 3.05) is 27.4 Å². The Kier molecular flexibility index (Phi) is 5.32. The Bertz CT molecular complexity index is 504. The highest BCUT2D eigenvalue weighted by atomic mass is 16.5. The third-order valence-electron chi connectivity index (χ3n) is 2.10. The molecule has 0 bridgehead atoms. The van der Waals surface area contributed by atoms with E-state index < -0.39 is 0 Å². The number of hydrogen-bond acceptors (Lipinski definition) is 5. The van der Waals surface area contributed by atoms with Gasteiger partial charge in [-0.2, -0.15) is 5.26 Å². The second-order valence-corrected chi connectivity index (χ2v) is 3.16. The van der Waals surface area contributed by atoms with Gasteiger partial charge in [0.15, 0.2) is 0 Å². The Morgan fingerprint density at radius 2 is 2.17 bits per heavy atom. The number of ether oxygens (including phenoxy) is 3. The lowest BCUT2D eigenvalue weighted by Gasteiger charge is -2.11. The summed E-state index contributed by atoms with van der Waals surface area (Å²) in [6.07, 6.45) is 0. The van der Waals surface area contributed by atoms with E-state index in [1.165, 1.54) is 13.2 Å². The first-order chi connectivity index (χ1) is 8.76. The standard InChI is InChI=1S/C11H12N4O3/c1-16-3-4-18-11-6-8(17-2)5-10(14-15-13)9(11)7-12/h5-6H,3-4H2,1-2H3. The van der Waals surface area contributed by atoms with Gasteiger partial charge in [0, 0.05) is 18.1 Å². The predicted octanol–water partition coefficient (Wildman–Crippen LogP) is 2.53. The summed E-state index contributed by atoms with van der Waals surface area (Å²) in [6.45, 7) is 0.674. The molecule has 0 aromatic heterocycles. The van der Waals surface area contributed by atoms with Crippen LogP contribution in [0.4, 0.5) is 5.69 Å². The Morgan fingerprint density at radius 1 is 1.39 bits per heavy atom. The zero-order valence-corrected chi connectivity index (χ0v) is 10.1. The second kappa shape index (κ2) is 7.01. The van der Waals surface area contributed by atoms with Crippen molar-refractivity contribution in [1.29, 1.82) is 5.26 Å². The molecular weight excluding hydrogens is 236 g/mol. The van der Waals surface area contributed by atoms with Crippen LogP contribution in [0.3, 0.4) is 0 Å². The van der Waals surface area contributed by atoms with Crippen LogP contribution in [0.1, 0.15) is 5.56 Å². The summed E-state index contributed by atoms with van der Waals surface area (Å²) in [5.41, 5.74) is 8.80. The molecule has 0 N–H and O–H groups in total. The summed E-state index contributed by atoms with van der Waals surface area (Å²) in [6, 6.07) is 4.97. The monoisotopic (exact) mass is 248 g/mol. The highest BCUT2D eigenvalue weighted by molar-refractivity contribution is 5.63. The minimum Gasteiger partial charge on any atom is -0.497 e. The molecule has 0 fully saturated rings. The highest BCUT2D eigenvalue weighted by Crippen LogP contribution is 2.33.